The molecule has 0 aliphatic heterocycles. The Bertz CT molecular complexity index is 900. The number of allylic oxidation sites excluding steroid dienone is 2. The standard InChI is InChI=1S/C32H52O3/c1-20(2)10-9-11-21(3)23-14-15-30(8)25-13-12-24-28(5,6)26(34)18-27(35-22(4)33)32(24)19-31(25,32)17-16-29(23,30)7/h10,21,23-27,34H,9,11-19H2,1-8H3/t21-,23-,24+,25+,26?,27?,29-,30+,31+,32+/m1/s1. The number of aliphatic hydroxyl groups is 1. The fraction of sp³-hybridized carbons (Fsp3) is 0.906. The maximum absolute atomic E-state index is 12.2. The molecule has 2 unspecified atom stereocenters. The van der Waals surface area contributed by atoms with Crippen molar-refractivity contribution in [1.82, 2.24) is 0 Å². The molecule has 5 fully saturated rings. The average Bonchev–Trinajstić information content (AvgIpc) is 3.36. The van der Waals surface area contributed by atoms with Gasteiger partial charge in [0.05, 0.1) is 6.10 Å². The van der Waals surface area contributed by atoms with Crippen LogP contribution in [0.4, 0.5) is 0 Å². The van der Waals surface area contributed by atoms with Crippen LogP contribution in [0.2, 0.25) is 0 Å². The third kappa shape index (κ3) is 3.28. The fourth-order valence-electron chi connectivity index (χ4n) is 11.4. The number of hydrogen-bond acceptors (Lipinski definition) is 3. The van der Waals surface area contributed by atoms with Crippen molar-refractivity contribution in [2.24, 2.45) is 50.7 Å². The van der Waals surface area contributed by atoms with Crippen LogP contribution in [-0.2, 0) is 9.53 Å². The van der Waals surface area contributed by atoms with Crippen LogP contribution >= 0.6 is 0 Å². The largest absolute Gasteiger partial charge is 0.462 e. The highest BCUT2D eigenvalue weighted by Crippen LogP contribution is 2.89. The normalized spacial score (nSPS) is 50.1. The van der Waals surface area contributed by atoms with E-state index in [-0.39, 0.29) is 22.9 Å². The first-order chi connectivity index (χ1) is 16.3. The average molecular weight is 485 g/mol. The predicted octanol–water partition coefficient (Wildman–Crippen LogP) is 7.71. The van der Waals surface area contributed by atoms with Gasteiger partial charge in [-0.25, -0.2) is 0 Å². The van der Waals surface area contributed by atoms with Crippen LogP contribution in [0.3, 0.4) is 0 Å². The monoisotopic (exact) mass is 484 g/mol. The summed E-state index contributed by atoms with van der Waals surface area (Å²) in [5.41, 5.74) is 2.51. The van der Waals surface area contributed by atoms with Gasteiger partial charge in [-0.1, -0.05) is 46.3 Å². The lowest BCUT2D eigenvalue weighted by molar-refractivity contribution is -0.207. The van der Waals surface area contributed by atoms with Crippen molar-refractivity contribution in [3.05, 3.63) is 11.6 Å². The van der Waals surface area contributed by atoms with E-state index in [0.717, 1.165) is 17.8 Å². The smallest absolute Gasteiger partial charge is 0.302 e. The summed E-state index contributed by atoms with van der Waals surface area (Å²) in [6.45, 7) is 18.4. The van der Waals surface area contributed by atoms with E-state index >= 15 is 0 Å². The Labute approximate surface area is 214 Å². The zero-order chi connectivity index (χ0) is 25.6. The van der Waals surface area contributed by atoms with Crippen molar-refractivity contribution < 1.29 is 14.6 Å². The first kappa shape index (κ1) is 25.8. The summed E-state index contributed by atoms with van der Waals surface area (Å²) in [6, 6.07) is 0. The highest BCUT2D eigenvalue weighted by molar-refractivity contribution is 5.66. The molecule has 1 N–H and O–H groups in total. The number of ether oxygens (including phenoxy) is 1. The van der Waals surface area contributed by atoms with Crippen molar-refractivity contribution in [3.8, 4) is 0 Å². The number of fused-ring (bicyclic) bond motifs is 2. The zero-order valence-electron chi connectivity index (χ0n) is 23.9. The molecule has 0 aromatic carbocycles. The van der Waals surface area contributed by atoms with Gasteiger partial charge in [-0.05, 0) is 117 Å². The molecule has 3 nitrogen and oxygen atoms in total. The molecule has 35 heavy (non-hydrogen) atoms. The summed E-state index contributed by atoms with van der Waals surface area (Å²) < 4.78 is 6.10. The molecular weight excluding hydrogens is 432 g/mol. The van der Waals surface area contributed by atoms with Gasteiger partial charge in [-0.2, -0.15) is 0 Å². The van der Waals surface area contributed by atoms with Gasteiger partial charge in [0.15, 0.2) is 0 Å². The van der Waals surface area contributed by atoms with E-state index in [0.29, 0.717) is 28.6 Å². The van der Waals surface area contributed by atoms with Gasteiger partial charge in [-0.3, -0.25) is 4.79 Å². The summed E-state index contributed by atoms with van der Waals surface area (Å²) in [5.74, 6) is 2.60. The van der Waals surface area contributed by atoms with E-state index in [4.69, 9.17) is 4.74 Å². The highest BCUT2D eigenvalue weighted by Gasteiger charge is 2.85. The SMILES string of the molecule is CC(=O)OC1CC(O)C(C)(C)[C@@H]2CC[C@@H]3[C@]4(CC[C@]5(C)[C@@H]([C@H](C)CCC=C(C)C)CC[C@@]35C)C[C@@]124. The van der Waals surface area contributed by atoms with Gasteiger partial charge in [0.25, 0.3) is 0 Å². The molecule has 198 valence electrons. The van der Waals surface area contributed by atoms with Crippen LogP contribution in [0, 0.1) is 50.7 Å². The van der Waals surface area contributed by atoms with Crippen LogP contribution in [0.1, 0.15) is 120 Å². The lowest BCUT2D eigenvalue weighted by atomic mass is 9.41. The van der Waals surface area contributed by atoms with Crippen LogP contribution in [0.25, 0.3) is 0 Å². The van der Waals surface area contributed by atoms with Gasteiger partial charge >= 0.3 is 5.97 Å². The van der Waals surface area contributed by atoms with E-state index in [1.54, 1.807) is 6.92 Å². The second kappa shape index (κ2) is 8.08. The predicted molar refractivity (Wildman–Crippen MR) is 142 cm³/mol. The number of carbonyl (C=O) groups is 1. The summed E-state index contributed by atoms with van der Waals surface area (Å²) in [7, 11) is 0. The molecule has 10 atom stereocenters. The Morgan fingerprint density at radius 2 is 1.69 bits per heavy atom. The first-order valence-corrected chi connectivity index (χ1v) is 14.7. The van der Waals surface area contributed by atoms with Gasteiger partial charge in [0.2, 0.25) is 0 Å². The second-order valence-corrected chi connectivity index (χ2v) is 15.0. The van der Waals surface area contributed by atoms with Crippen molar-refractivity contribution in [3.63, 3.8) is 0 Å². The summed E-state index contributed by atoms with van der Waals surface area (Å²) in [6.07, 6.45) is 14.1. The minimum absolute atomic E-state index is 0.0851. The lowest BCUT2D eigenvalue weighted by Crippen LogP contribution is -2.61. The van der Waals surface area contributed by atoms with Crippen molar-refractivity contribution in [1.29, 1.82) is 0 Å². The van der Waals surface area contributed by atoms with Crippen LogP contribution in [0.15, 0.2) is 11.6 Å². The third-order valence-electron chi connectivity index (χ3n) is 13.3. The quantitative estimate of drug-likeness (QED) is 0.321. The van der Waals surface area contributed by atoms with Gasteiger partial charge in [-0.15, -0.1) is 0 Å². The van der Waals surface area contributed by atoms with E-state index in [1.165, 1.54) is 63.4 Å². The third-order valence-corrected chi connectivity index (χ3v) is 13.3. The number of hydrogen-bond donors (Lipinski definition) is 1. The topological polar surface area (TPSA) is 46.5 Å². The molecule has 0 aromatic heterocycles. The lowest BCUT2D eigenvalue weighted by Gasteiger charge is -2.64. The Kier molecular flexibility index (Phi) is 5.96. The highest BCUT2D eigenvalue weighted by atomic mass is 16.5. The first-order valence-electron chi connectivity index (χ1n) is 14.7. The van der Waals surface area contributed by atoms with Crippen LogP contribution < -0.4 is 0 Å². The van der Waals surface area contributed by atoms with Gasteiger partial charge < -0.3 is 9.84 Å². The molecule has 0 amide bonds. The number of aliphatic hydroxyl groups excluding tert-OH is 1. The van der Waals surface area contributed by atoms with E-state index in [9.17, 15) is 9.90 Å². The summed E-state index contributed by atoms with van der Waals surface area (Å²) in [5, 5.41) is 11.1. The molecule has 0 heterocycles. The zero-order valence-corrected chi connectivity index (χ0v) is 23.9. The Balaban J connectivity index is 1.46. The Hall–Kier alpha value is -0.830. The maximum Gasteiger partial charge on any atom is 0.302 e. The molecular formula is C32H52O3. The second-order valence-electron chi connectivity index (χ2n) is 15.0. The van der Waals surface area contributed by atoms with Crippen molar-refractivity contribution in [2.45, 2.75) is 132 Å². The van der Waals surface area contributed by atoms with Gasteiger partial charge in [0, 0.05) is 18.8 Å². The fourth-order valence-corrected chi connectivity index (χ4v) is 11.4. The van der Waals surface area contributed by atoms with Crippen LogP contribution in [-0.4, -0.2) is 23.3 Å². The molecule has 0 radical (unpaired) electrons. The summed E-state index contributed by atoms with van der Waals surface area (Å²) >= 11 is 0. The molecule has 5 saturated carbocycles. The van der Waals surface area contributed by atoms with Crippen molar-refractivity contribution in [2.75, 3.05) is 0 Å². The number of carbonyl (C=O) groups excluding carboxylic acids is 1. The van der Waals surface area contributed by atoms with Crippen LogP contribution in [0.5, 0.6) is 0 Å². The molecule has 5 aliphatic carbocycles. The van der Waals surface area contributed by atoms with Gasteiger partial charge in [0.1, 0.15) is 6.10 Å². The minimum atomic E-state index is -0.390. The molecule has 0 aromatic rings. The van der Waals surface area contributed by atoms with E-state index < -0.39 is 6.10 Å². The molecule has 2 spiro atoms. The molecule has 5 aliphatic rings. The number of rotatable bonds is 5. The minimum Gasteiger partial charge on any atom is -0.462 e. The number of esters is 1. The molecule has 0 saturated heterocycles. The summed E-state index contributed by atoms with van der Waals surface area (Å²) in [4.78, 5) is 12.2. The van der Waals surface area contributed by atoms with E-state index in [2.05, 4.69) is 54.5 Å². The Morgan fingerprint density at radius 1 is 1.00 bits per heavy atom. The molecule has 3 heteroatoms. The Morgan fingerprint density at radius 3 is 2.34 bits per heavy atom. The molecule has 0 bridgehead atoms. The molecule has 5 rings (SSSR count). The van der Waals surface area contributed by atoms with Crippen molar-refractivity contribution >= 4 is 5.97 Å². The maximum atomic E-state index is 12.2. The van der Waals surface area contributed by atoms with E-state index in [1.807, 2.05) is 0 Å².